The molecule has 0 aliphatic heterocycles. The van der Waals surface area contributed by atoms with Gasteiger partial charge in [-0.15, -0.1) is 0 Å². The van der Waals surface area contributed by atoms with Crippen LogP contribution in [0, 0.1) is 0 Å². The van der Waals surface area contributed by atoms with E-state index in [4.69, 9.17) is 23.2 Å². The quantitative estimate of drug-likeness (QED) is 0.274. The van der Waals surface area contributed by atoms with Gasteiger partial charge >= 0.3 is 0 Å². The molecule has 0 saturated carbocycles. The molecule has 0 heterocycles. The Kier molecular flexibility index (Phi) is 7.74. The Hall–Kier alpha value is -3.46. The van der Waals surface area contributed by atoms with Crippen LogP contribution in [-0.4, -0.2) is 10.2 Å². The van der Waals surface area contributed by atoms with E-state index in [0.29, 0.717) is 29.5 Å². The molecule has 0 aromatic heterocycles. The van der Waals surface area contributed by atoms with Crippen LogP contribution in [0.1, 0.15) is 22.3 Å². The first kappa shape index (κ1) is 23.7. The fraction of sp³-hybridized carbons (Fsp3) is 0.0667. The second-order valence-electron chi connectivity index (χ2n) is 7.97. The molecule has 0 aliphatic carbocycles. The third kappa shape index (κ3) is 5.91. The first-order chi connectivity index (χ1) is 16.5. The predicted molar refractivity (Wildman–Crippen MR) is 144 cm³/mol. The fourth-order valence-electron chi connectivity index (χ4n) is 3.74. The minimum absolute atomic E-state index is 0.00927. The van der Waals surface area contributed by atoms with Crippen LogP contribution in [0.2, 0.25) is 10.0 Å². The second-order valence-corrected chi connectivity index (χ2v) is 8.79. The molecule has 4 rings (SSSR count). The van der Waals surface area contributed by atoms with Gasteiger partial charge in [0, 0.05) is 5.56 Å². The maximum absolute atomic E-state index is 10.7. The molecule has 0 bridgehead atoms. The van der Waals surface area contributed by atoms with Crippen LogP contribution in [0.5, 0.6) is 11.5 Å². The molecular formula is C30H24Cl2O2. The Morgan fingerprint density at radius 1 is 0.618 bits per heavy atom. The lowest BCUT2D eigenvalue weighted by molar-refractivity contribution is 0.469. The van der Waals surface area contributed by atoms with E-state index in [1.807, 2.05) is 84.9 Å². The van der Waals surface area contributed by atoms with Crippen molar-refractivity contribution in [1.29, 1.82) is 0 Å². The van der Waals surface area contributed by atoms with Crippen LogP contribution < -0.4 is 0 Å². The highest BCUT2D eigenvalue weighted by Crippen LogP contribution is 2.40. The smallest absolute Gasteiger partial charge is 0.142 e. The Labute approximate surface area is 210 Å². The number of phenolic OH excluding ortho intramolecular Hbond substituents is 2. The molecule has 4 aromatic rings. The SMILES string of the molecule is Oc1c(Cl)cc(-c2cc(C/C=C/c3ccccc3)cc(Cl)c2O)cc1C/C=C/c1ccccc1. The summed E-state index contributed by atoms with van der Waals surface area (Å²) in [5.41, 5.74) is 5.08. The average molecular weight is 487 g/mol. The van der Waals surface area contributed by atoms with Crippen molar-refractivity contribution in [2.24, 2.45) is 0 Å². The van der Waals surface area contributed by atoms with E-state index in [0.717, 1.165) is 16.7 Å². The monoisotopic (exact) mass is 486 g/mol. The maximum atomic E-state index is 10.7. The Bertz CT molecular complexity index is 1330. The lowest BCUT2D eigenvalue weighted by Gasteiger charge is -2.13. The molecule has 0 fully saturated rings. The number of halogens is 2. The lowest BCUT2D eigenvalue weighted by atomic mass is 9.97. The van der Waals surface area contributed by atoms with Gasteiger partial charge < -0.3 is 10.2 Å². The van der Waals surface area contributed by atoms with Gasteiger partial charge in [-0.25, -0.2) is 0 Å². The van der Waals surface area contributed by atoms with Crippen molar-refractivity contribution in [3.8, 4) is 22.6 Å². The molecule has 2 nitrogen and oxygen atoms in total. The van der Waals surface area contributed by atoms with Gasteiger partial charge in [0.05, 0.1) is 10.0 Å². The van der Waals surface area contributed by atoms with Gasteiger partial charge in [0.2, 0.25) is 0 Å². The Morgan fingerprint density at radius 2 is 1.18 bits per heavy atom. The number of hydrogen-bond acceptors (Lipinski definition) is 2. The summed E-state index contributed by atoms with van der Waals surface area (Å²) >= 11 is 12.7. The van der Waals surface area contributed by atoms with Crippen molar-refractivity contribution < 1.29 is 10.2 Å². The normalized spacial score (nSPS) is 11.5. The first-order valence-electron chi connectivity index (χ1n) is 11.0. The van der Waals surface area contributed by atoms with Gasteiger partial charge in [-0.2, -0.15) is 0 Å². The van der Waals surface area contributed by atoms with E-state index in [-0.39, 0.29) is 21.5 Å². The van der Waals surface area contributed by atoms with Gasteiger partial charge in [-0.3, -0.25) is 0 Å². The highest BCUT2D eigenvalue weighted by molar-refractivity contribution is 6.33. The standard InChI is InChI=1S/C30H24Cl2O2/c31-27-18-23(15-7-13-21-9-3-1-4-10-21)17-26(30(27)34)25-19-24(29(33)28(32)20-25)16-8-14-22-11-5-2-6-12-22/h1-14,17-20,33-34H,15-16H2/b13-7+,14-8+. The van der Waals surface area contributed by atoms with E-state index in [1.54, 1.807) is 12.1 Å². The summed E-state index contributed by atoms with van der Waals surface area (Å²) in [5, 5.41) is 21.7. The van der Waals surface area contributed by atoms with Crippen LogP contribution in [0.3, 0.4) is 0 Å². The highest BCUT2D eigenvalue weighted by Gasteiger charge is 2.14. The summed E-state index contributed by atoms with van der Waals surface area (Å²) in [6.07, 6.45) is 9.22. The molecule has 0 amide bonds. The van der Waals surface area contributed by atoms with Crippen molar-refractivity contribution in [3.63, 3.8) is 0 Å². The lowest BCUT2D eigenvalue weighted by Crippen LogP contribution is -1.90. The molecule has 2 N–H and O–H groups in total. The number of allylic oxidation sites excluding steroid dienone is 2. The zero-order valence-electron chi connectivity index (χ0n) is 18.5. The van der Waals surface area contributed by atoms with Crippen LogP contribution in [0.4, 0.5) is 0 Å². The minimum Gasteiger partial charge on any atom is -0.506 e. The van der Waals surface area contributed by atoms with Gasteiger partial charge in [0.1, 0.15) is 11.5 Å². The zero-order chi connectivity index (χ0) is 23.9. The molecule has 4 aromatic carbocycles. The molecule has 0 saturated heterocycles. The van der Waals surface area contributed by atoms with E-state index in [9.17, 15) is 10.2 Å². The Morgan fingerprint density at radius 3 is 1.79 bits per heavy atom. The topological polar surface area (TPSA) is 40.5 Å². The fourth-order valence-corrected chi connectivity index (χ4v) is 4.22. The number of rotatable bonds is 7. The molecule has 4 heteroatoms. The van der Waals surface area contributed by atoms with Crippen LogP contribution >= 0.6 is 23.2 Å². The first-order valence-corrected chi connectivity index (χ1v) is 11.7. The van der Waals surface area contributed by atoms with Crippen LogP contribution in [0.25, 0.3) is 23.3 Å². The maximum Gasteiger partial charge on any atom is 0.142 e. The van der Waals surface area contributed by atoms with Crippen molar-refractivity contribution in [2.75, 3.05) is 0 Å². The second kappa shape index (κ2) is 11.1. The van der Waals surface area contributed by atoms with Gasteiger partial charge in [-0.1, -0.05) is 108 Å². The predicted octanol–water partition coefficient (Wildman–Crippen LogP) is 8.58. The summed E-state index contributed by atoms with van der Waals surface area (Å²) in [6, 6.07) is 27.2. The number of phenols is 2. The van der Waals surface area contributed by atoms with E-state index >= 15 is 0 Å². The number of aromatic hydroxyl groups is 2. The summed E-state index contributed by atoms with van der Waals surface area (Å²) in [6.45, 7) is 0. The molecule has 0 radical (unpaired) electrons. The molecule has 170 valence electrons. The molecule has 0 aliphatic rings. The third-order valence-corrected chi connectivity index (χ3v) is 6.06. The van der Waals surface area contributed by atoms with E-state index in [2.05, 4.69) is 12.2 Å². The summed E-state index contributed by atoms with van der Waals surface area (Å²) in [4.78, 5) is 0. The third-order valence-electron chi connectivity index (χ3n) is 5.49. The summed E-state index contributed by atoms with van der Waals surface area (Å²) < 4.78 is 0. The van der Waals surface area contributed by atoms with Gasteiger partial charge in [-0.05, 0) is 64.9 Å². The zero-order valence-corrected chi connectivity index (χ0v) is 20.0. The van der Waals surface area contributed by atoms with E-state index in [1.165, 1.54) is 0 Å². The molecule has 0 atom stereocenters. The summed E-state index contributed by atoms with van der Waals surface area (Å²) in [5.74, 6) is 0.0284. The van der Waals surface area contributed by atoms with Crippen molar-refractivity contribution >= 4 is 35.4 Å². The summed E-state index contributed by atoms with van der Waals surface area (Å²) in [7, 11) is 0. The number of hydrogen-bond donors (Lipinski definition) is 2. The molecule has 34 heavy (non-hydrogen) atoms. The molecule has 0 spiro atoms. The number of benzene rings is 4. The minimum atomic E-state index is -0.00927. The van der Waals surface area contributed by atoms with Crippen molar-refractivity contribution in [3.05, 3.63) is 129 Å². The van der Waals surface area contributed by atoms with Gasteiger partial charge in [0.15, 0.2) is 0 Å². The van der Waals surface area contributed by atoms with Crippen molar-refractivity contribution in [1.82, 2.24) is 0 Å². The van der Waals surface area contributed by atoms with Crippen LogP contribution in [0.15, 0.2) is 97.1 Å². The Balaban J connectivity index is 1.61. The largest absolute Gasteiger partial charge is 0.506 e. The molecular weight excluding hydrogens is 463 g/mol. The highest BCUT2D eigenvalue weighted by atomic mass is 35.5. The van der Waals surface area contributed by atoms with E-state index < -0.39 is 0 Å². The van der Waals surface area contributed by atoms with Gasteiger partial charge in [0.25, 0.3) is 0 Å². The van der Waals surface area contributed by atoms with Crippen LogP contribution in [-0.2, 0) is 12.8 Å². The van der Waals surface area contributed by atoms with Crippen molar-refractivity contribution in [2.45, 2.75) is 12.8 Å². The molecule has 0 unspecified atom stereocenters. The average Bonchev–Trinajstić information content (AvgIpc) is 2.85.